The number of benzene rings is 1. The fourth-order valence-electron chi connectivity index (χ4n) is 4.97. The molecule has 1 spiro atoms. The van der Waals surface area contributed by atoms with Gasteiger partial charge in [0.15, 0.2) is 0 Å². The van der Waals surface area contributed by atoms with Gasteiger partial charge in [0, 0.05) is 43.8 Å². The molecular formula is C21H30N4O4S. The molecule has 2 N–H and O–H groups in total. The topological polar surface area (TPSA) is 92.7 Å². The number of nitrogens with zero attached hydrogens (tertiary/aromatic N) is 2. The summed E-state index contributed by atoms with van der Waals surface area (Å²) in [6.07, 6.45) is 7.18. The van der Waals surface area contributed by atoms with Crippen molar-refractivity contribution in [1.82, 2.24) is 19.5 Å². The van der Waals surface area contributed by atoms with E-state index in [1.165, 1.54) is 0 Å². The highest BCUT2D eigenvalue weighted by Gasteiger charge is 2.42. The molecule has 164 valence electrons. The van der Waals surface area contributed by atoms with Gasteiger partial charge in [-0.3, -0.25) is 9.69 Å². The second kappa shape index (κ2) is 7.86. The minimum Gasteiger partial charge on any atom is -0.497 e. The number of nitrogens with one attached hydrogen (secondary N) is 2. The summed E-state index contributed by atoms with van der Waals surface area (Å²) in [5.41, 5.74) is 1.95. The summed E-state index contributed by atoms with van der Waals surface area (Å²) in [4.78, 5) is 15.1. The van der Waals surface area contributed by atoms with Gasteiger partial charge in [-0.05, 0) is 36.6 Å². The number of hydrogen-bond acceptors (Lipinski definition) is 5. The second-order valence-corrected chi connectivity index (χ2v) is 10.5. The zero-order valence-corrected chi connectivity index (χ0v) is 18.6. The number of aromatic nitrogens is 1. The number of rotatable bonds is 5. The van der Waals surface area contributed by atoms with Crippen LogP contribution in [-0.2, 0) is 28.4 Å². The first kappa shape index (κ1) is 21.1. The van der Waals surface area contributed by atoms with E-state index in [2.05, 4.69) is 25.7 Å². The van der Waals surface area contributed by atoms with Crippen LogP contribution >= 0.6 is 0 Å². The molecule has 1 saturated heterocycles. The molecule has 8 nitrogen and oxygen atoms in total. The fraction of sp³-hybridized carbons (Fsp3) is 0.571. The quantitative estimate of drug-likeness (QED) is 0.741. The van der Waals surface area contributed by atoms with E-state index in [1.807, 2.05) is 25.2 Å². The summed E-state index contributed by atoms with van der Waals surface area (Å²) in [6, 6.07) is 5.21. The number of amides is 1. The highest BCUT2D eigenvalue weighted by molar-refractivity contribution is 7.88. The summed E-state index contributed by atoms with van der Waals surface area (Å²) < 4.78 is 33.7. The van der Waals surface area contributed by atoms with Crippen LogP contribution in [0.1, 0.15) is 31.2 Å². The normalized spacial score (nSPS) is 22.4. The van der Waals surface area contributed by atoms with E-state index in [0.29, 0.717) is 19.6 Å². The summed E-state index contributed by atoms with van der Waals surface area (Å²) in [7, 11) is 0.164. The van der Waals surface area contributed by atoms with Crippen molar-refractivity contribution >= 4 is 26.8 Å². The molecule has 2 aliphatic rings. The molecule has 1 amide bonds. The molecule has 1 aliphatic carbocycles. The Morgan fingerprint density at radius 1 is 1.30 bits per heavy atom. The molecule has 0 radical (unpaired) electrons. The Hall–Kier alpha value is -2.10. The van der Waals surface area contributed by atoms with Gasteiger partial charge >= 0.3 is 0 Å². The maximum atomic E-state index is 12.9. The van der Waals surface area contributed by atoms with Gasteiger partial charge in [0.2, 0.25) is 15.9 Å². The van der Waals surface area contributed by atoms with Crippen molar-refractivity contribution in [2.45, 2.75) is 43.8 Å². The maximum absolute atomic E-state index is 12.9. The molecule has 1 aromatic heterocycles. The van der Waals surface area contributed by atoms with Crippen molar-refractivity contribution < 1.29 is 17.9 Å². The average molecular weight is 435 g/mol. The standard InChI is InChI=1S/C21H30N4O4S/c1-24-11-15(17-10-16(29-2)6-7-19(17)24)12-25-13-18(23-30(3,27)28)20(26)22-21(14-25)8-4-5-9-21/h6-7,10-11,18,23H,4-5,8-9,12-14H2,1-3H3,(H,22,26). The predicted molar refractivity (Wildman–Crippen MR) is 116 cm³/mol. The summed E-state index contributed by atoms with van der Waals surface area (Å²) in [6.45, 7) is 1.67. The molecular weight excluding hydrogens is 404 g/mol. The highest BCUT2D eigenvalue weighted by Crippen LogP contribution is 2.33. The minimum atomic E-state index is -3.50. The van der Waals surface area contributed by atoms with E-state index in [4.69, 9.17) is 4.74 Å². The van der Waals surface area contributed by atoms with Crippen LogP contribution in [0.3, 0.4) is 0 Å². The van der Waals surface area contributed by atoms with Gasteiger partial charge in [-0.15, -0.1) is 0 Å². The third-order valence-electron chi connectivity index (χ3n) is 6.26. The second-order valence-electron chi connectivity index (χ2n) is 8.74. The van der Waals surface area contributed by atoms with Crippen molar-refractivity contribution in [2.75, 3.05) is 26.5 Å². The van der Waals surface area contributed by atoms with Crippen LogP contribution in [0.2, 0.25) is 0 Å². The number of fused-ring (bicyclic) bond motifs is 1. The van der Waals surface area contributed by atoms with Crippen LogP contribution < -0.4 is 14.8 Å². The third-order valence-corrected chi connectivity index (χ3v) is 6.97. The van der Waals surface area contributed by atoms with E-state index in [0.717, 1.165) is 54.2 Å². The number of sulfonamides is 1. The number of ether oxygens (including phenoxy) is 1. The lowest BCUT2D eigenvalue weighted by Crippen LogP contribution is -2.54. The lowest BCUT2D eigenvalue weighted by atomic mass is 9.97. The number of aryl methyl sites for hydroxylation is 1. The van der Waals surface area contributed by atoms with Gasteiger partial charge in [-0.1, -0.05) is 12.8 Å². The Kier molecular flexibility index (Phi) is 5.54. The largest absolute Gasteiger partial charge is 0.497 e. The monoisotopic (exact) mass is 434 g/mol. The maximum Gasteiger partial charge on any atom is 0.239 e. The molecule has 1 unspecified atom stereocenters. The van der Waals surface area contributed by atoms with Crippen molar-refractivity contribution in [3.63, 3.8) is 0 Å². The molecule has 9 heteroatoms. The lowest BCUT2D eigenvalue weighted by molar-refractivity contribution is -0.123. The van der Waals surface area contributed by atoms with E-state index >= 15 is 0 Å². The summed E-state index contributed by atoms with van der Waals surface area (Å²) in [5, 5.41) is 4.28. The zero-order valence-electron chi connectivity index (χ0n) is 17.8. The molecule has 0 bridgehead atoms. The molecule has 4 rings (SSSR count). The van der Waals surface area contributed by atoms with Gasteiger partial charge in [0.05, 0.1) is 18.9 Å². The van der Waals surface area contributed by atoms with E-state index in [-0.39, 0.29) is 11.4 Å². The Bertz CT molecular complexity index is 1060. The van der Waals surface area contributed by atoms with Crippen LogP contribution in [-0.4, -0.2) is 61.8 Å². The van der Waals surface area contributed by atoms with Gasteiger partial charge < -0.3 is 14.6 Å². The first-order chi connectivity index (χ1) is 14.2. The van der Waals surface area contributed by atoms with Gasteiger partial charge in [0.1, 0.15) is 11.8 Å². The van der Waals surface area contributed by atoms with E-state index in [1.54, 1.807) is 7.11 Å². The van der Waals surface area contributed by atoms with E-state index < -0.39 is 16.1 Å². The van der Waals surface area contributed by atoms with Crippen molar-refractivity contribution in [2.24, 2.45) is 7.05 Å². The molecule has 1 atom stereocenters. The van der Waals surface area contributed by atoms with E-state index in [9.17, 15) is 13.2 Å². The summed E-state index contributed by atoms with van der Waals surface area (Å²) in [5.74, 6) is 0.566. The number of hydrogen-bond donors (Lipinski definition) is 2. The van der Waals surface area contributed by atoms with Crippen LogP contribution in [0.15, 0.2) is 24.4 Å². The zero-order chi connectivity index (χ0) is 21.5. The smallest absolute Gasteiger partial charge is 0.239 e. The van der Waals surface area contributed by atoms with Crippen LogP contribution in [0, 0.1) is 0 Å². The number of carbonyl (C=O) groups excluding carboxylic acids is 1. The molecule has 2 heterocycles. The van der Waals surface area contributed by atoms with Crippen molar-refractivity contribution in [1.29, 1.82) is 0 Å². The molecule has 30 heavy (non-hydrogen) atoms. The summed E-state index contributed by atoms with van der Waals surface area (Å²) >= 11 is 0. The van der Waals surface area contributed by atoms with Gasteiger partial charge in [0.25, 0.3) is 0 Å². The molecule has 1 aliphatic heterocycles. The Balaban J connectivity index is 1.67. The Morgan fingerprint density at radius 3 is 2.70 bits per heavy atom. The SMILES string of the molecule is COc1ccc2c(c1)c(CN1CC(NS(C)(=O)=O)C(=O)NC3(CCCC3)C1)cn2C. The van der Waals surface area contributed by atoms with Crippen molar-refractivity contribution in [3.05, 3.63) is 30.0 Å². The van der Waals surface area contributed by atoms with Gasteiger partial charge in [-0.25, -0.2) is 13.1 Å². The van der Waals surface area contributed by atoms with Crippen molar-refractivity contribution in [3.8, 4) is 5.75 Å². The average Bonchev–Trinajstić information content (AvgIpc) is 3.21. The third kappa shape index (κ3) is 4.33. The minimum absolute atomic E-state index is 0.232. The fourth-order valence-corrected chi connectivity index (χ4v) is 5.67. The van der Waals surface area contributed by atoms with Crippen LogP contribution in [0.5, 0.6) is 5.75 Å². The van der Waals surface area contributed by atoms with Crippen LogP contribution in [0.25, 0.3) is 10.9 Å². The predicted octanol–water partition coefficient (Wildman–Crippen LogP) is 1.35. The first-order valence-corrected chi connectivity index (χ1v) is 12.2. The molecule has 1 saturated carbocycles. The number of methoxy groups -OCH3 is 1. The number of carbonyl (C=O) groups is 1. The molecule has 2 aromatic rings. The van der Waals surface area contributed by atoms with Crippen LogP contribution in [0.4, 0.5) is 0 Å². The Morgan fingerprint density at radius 2 is 2.03 bits per heavy atom. The lowest BCUT2D eigenvalue weighted by Gasteiger charge is -2.32. The molecule has 2 fully saturated rings. The molecule has 1 aromatic carbocycles. The Labute approximate surface area is 177 Å². The van der Waals surface area contributed by atoms with Gasteiger partial charge in [-0.2, -0.15) is 0 Å². The highest BCUT2D eigenvalue weighted by atomic mass is 32.2. The first-order valence-electron chi connectivity index (χ1n) is 10.3.